The lowest BCUT2D eigenvalue weighted by Crippen LogP contribution is -2.45. The maximum atomic E-state index is 13.7. The smallest absolute Gasteiger partial charge is 0.327 e. The molecule has 1 aromatic carbocycles. The van der Waals surface area contributed by atoms with Gasteiger partial charge in [0, 0.05) is 16.3 Å². The predicted molar refractivity (Wildman–Crippen MR) is 75.3 cm³/mol. The quantitative estimate of drug-likeness (QED) is 0.930. The van der Waals surface area contributed by atoms with Crippen LogP contribution in [0.5, 0.6) is 0 Å². The summed E-state index contributed by atoms with van der Waals surface area (Å²) in [6, 6.07) is 3.32. The molecule has 1 saturated heterocycles. The molecule has 1 aliphatic rings. The SMILES string of the molecule is CC1SCC(C(=O)O)N1C(=O)Cc1c(F)cccc1Cl. The summed E-state index contributed by atoms with van der Waals surface area (Å²) >= 11 is 7.27. The molecular formula is C13H13ClFNO3S. The second-order valence-electron chi connectivity index (χ2n) is 4.46. The van der Waals surface area contributed by atoms with Crippen molar-refractivity contribution in [2.24, 2.45) is 0 Å². The minimum absolute atomic E-state index is 0.104. The predicted octanol–water partition coefficient (Wildman–Crippen LogP) is 2.40. The number of nitrogens with zero attached hydrogens (tertiary/aromatic N) is 1. The number of carbonyl (C=O) groups is 2. The molecule has 2 rings (SSSR count). The van der Waals surface area contributed by atoms with Gasteiger partial charge in [0.1, 0.15) is 11.9 Å². The van der Waals surface area contributed by atoms with Crippen LogP contribution in [0, 0.1) is 5.82 Å². The van der Waals surface area contributed by atoms with Gasteiger partial charge in [-0.1, -0.05) is 17.7 Å². The number of benzene rings is 1. The lowest BCUT2D eigenvalue weighted by molar-refractivity contribution is -0.148. The number of carboxylic acids is 1. The van der Waals surface area contributed by atoms with Crippen molar-refractivity contribution in [2.75, 3.05) is 5.75 Å². The van der Waals surface area contributed by atoms with E-state index in [1.807, 2.05) is 0 Å². The molecule has 108 valence electrons. The van der Waals surface area contributed by atoms with Crippen molar-refractivity contribution in [1.82, 2.24) is 4.90 Å². The van der Waals surface area contributed by atoms with Gasteiger partial charge in [0.15, 0.2) is 0 Å². The van der Waals surface area contributed by atoms with E-state index in [4.69, 9.17) is 16.7 Å². The summed E-state index contributed by atoms with van der Waals surface area (Å²) in [7, 11) is 0. The zero-order valence-electron chi connectivity index (χ0n) is 10.7. The molecule has 4 nitrogen and oxygen atoms in total. The van der Waals surface area contributed by atoms with Crippen molar-refractivity contribution in [1.29, 1.82) is 0 Å². The van der Waals surface area contributed by atoms with Crippen LogP contribution in [0.4, 0.5) is 4.39 Å². The first kappa shape index (κ1) is 15.1. The lowest BCUT2D eigenvalue weighted by atomic mass is 10.1. The number of thioether (sulfide) groups is 1. The van der Waals surface area contributed by atoms with Crippen LogP contribution in [0.15, 0.2) is 18.2 Å². The Hall–Kier alpha value is -1.27. The Kier molecular flexibility index (Phi) is 4.55. The Morgan fingerprint density at radius 3 is 2.85 bits per heavy atom. The molecule has 2 atom stereocenters. The third kappa shape index (κ3) is 2.91. The molecule has 1 N–H and O–H groups in total. The van der Waals surface area contributed by atoms with E-state index in [-0.39, 0.29) is 22.4 Å². The number of aliphatic carboxylic acids is 1. The van der Waals surface area contributed by atoms with Crippen molar-refractivity contribution in [3.8, 4) is 0 Å². The molecule has 1 fully saturated rings. The zero-order valence-corrected chi connectivity index (χ0v) is 12.2. The molecule has 2 unspecified atom stereocenters. The van der Waals surface area contributed by atoms with Crippen LogP contribution in [-0.4, -0.2) is 39.1 Å². The van der Waals surface area contributed by atoms with Crippen molar-refractivity contribution in [3.05, 3.63) is 34.6 Å². The van der Waals surface area contributed by atoms with Crippen LogP contribution in [0.2, 0.25) is 5.02 Å². The average molecular weight is 318 g/mol. The minimum Gasteiger partial charge on any atom is -0.480 e. The van der Waals surface area contributed by atoms with Crippen molar-refractivity contribution in [2.45, 2.75) is 24.8 Å². The third-order valence-corrected chi connectivity index (χ3v) is 4.76. The number of rotatable bonds is 3. The number of carbonyl (C=O) groups excluding carboxylic acids is 1. The summed E-state index contributed by atoms with van der Waals surface area (Å²) in [6.07, 6.45) is -0.236. The molecule has 1 heterocycles. The molecule has 0 aliphatic carbocycles. The van der Waals surface area contributed by atoms with Crippen LogP contribution >= 0.6 is 23.4 Å². The molecular weight excluding hydrogens is 305 g/mol. The summed E-state index contributed by atoms with van der Waals surface area (Å²) in [5.74, 6) is -1.69. The summed E-state index contributed by atoms with van der Waals surface area (Å²) in [4.78, 5) is 24.7. The molecule has 0 saturated carbocycles. The van der Waals surface area contributed by atoms with E-state index in [1.165, 1.54) is 34.9 Å². The molecule has 0 radical (unpaired) electrons. The second kappa shape index (κ2) is 6.01. The highest BCUT2D eigenvalue weighted by Crippen LogP contribution is 2.30. The monoisotopic (exact) mass is 317 g/mol. The Morgan fingerprint density at radius 1 is 1.55 bits per heavy atom. The van der Waals surface area contributed by atoms with E-state index in [2.05, 4.69) is 0 Å². The fourth-order valence-electron chi connectivity index (χ4n) is 2.16. The normalized spacial score (nSPS) is 22.1. The molecule has 1 aromatic rings. The van der Waals surface area contributed by atoms with Gasteiger partial charge in [0.2, 0.25) is 5.91 Å². The van der Waals surface area contributed by atoms with Crippen molar-refractivity contribution < 1.29 is 19.1 Å². The molecule has 1 aliphatic heterocycles. The number of carboxylic acid groups (broad SMARTS) is 1. The van der Waals surface area contributed by atoms with Crippen molar-refractivity contribution >= 4 is 35.2 Å². The molecule has 7 heteroatoms. The van der Waals surface area contributed by atoms with Gasteiger partial charge in [-0.3, -0.25) is 4.79 Å². The van der Waals surface area contributed by atoms with Crippen molar-refractivity contribution in [3.63, 3.8) is 0 Å². The number of halogens is 2. The first-order valence-corrected chi connectivity index (χ1v) is 7.43. The number of hydrogen-bond acceptors (Lipinski definition) is 3. The van der Waals surface area contributed by atoms with Crippen LogP contribution in [0.25, 0.3) is 0 Å². The average Bonchev–Trinajstić information content (AvgIpc) is 2.76. The van der Waals surface area contributed by atoms with Gasteiger partial charge in [-0.25, -0.2) is 9.18 Å². The highest BCUT2D eigenvalue weighted by Gasteiger charge is 2.39. The fourth-order valence-corrected chi connectivity index (χ4v) is 3.57. The van der Waals surface area contributed by atoms with Gasteiger partial charge in [-0.15, -0.1) is 11.8 Å². The van der Waals surface area contributed by atoms with E-state index < -0.39 is 23.7 Å². The first-order chi connectivity index (χ1) is 9.41. The standard InChI is InChI=1S/C13H13ClFNO3S/c1-7-16(11(6-20-7)13(18)19)12(17)5-8-9(14)3-2-4-10(8)15/h2-4,7,11H,5-6H2,1H3,(H,18,19). The first-order valence-electron chi connectivity index (χ1n) is 6.00. The van der Waals surface area contributed by atoms with Crippen LogP contribution in [0.1, 0.15) is 12.5 Å². The van der Waals surface area contributed by atoms with Gasteiger partial charge >= 0.3 is 5.97 Å². The molecule has 0 bridgehead atoms. The lowest BCUT2D eigenvalue weighted by Gasteiger charge is -2.25. The van der Waals surface area contributed by atoms with Gasteiger partial charge in [-0.2, -0.15) is 0 Å². The van der Waals surface area contributed by atoms with E-state index in [0.717, 1.165) is 0 Å². The van der Waals surface area contributed by atoms with Crippen LogP contribution < -0.4 is 0 Å². The highest BCUT2D eigenvalue weighted by molar-refractivity contribution is 8.00. The van der Waals surface area contributed by atoms with Gasteiger partial charge in [0.25, 0.3) is 0 Å². The van der Waals surface area contributed by atoms with Crippen LogP contribution in [-0.2, 0) is 16.0 Å². The van der Waals surface area contributed by atoms with Gasteiger partial charge < -0.3 is 10.0 Å². The summed E-state index contributed by atoms with van der Waals surface area (Å²) < 4.78 is 13.7. The Labute approximate surface area is 124 Å². The maximum Gasteiger partial charge on any atom is 0.327 e. The Balaban J connectivity index is 2.21. The van der Waals surface area contributed by atoms with Gasteiger partial charge in [-0.05, 0) is 19.1 Å². The minimum atomic E-state index is -1.05. The summed E-state index contributed by atoms with van der Waals surface area (Å²) in [6.45, 7) is 1.76. The number of amides is 1. The van der Waals surface area contributed by atoms with E-state index in [1.54, 1.807) is 6.92 Å². The molecule has 20 heavy (non-hydrogen) atoms. The molecule has 0 spiro atoms. The zero-order chi connectivity index (χ0) is 14.9. The van der Waals surface area contributed by atoms with Gasteiger partial charge in [0.05, 0.1) is 11.8 Å². The third-order valence-electron chi connectivity index (χ3n) is 3.19. The molecule has 0 aromatic heterocycles. The summed E-state index contributed by atoms with van der Waals surface area (Å²) in [5, 5.41) is 9.05. The maximum absolute atomic E-state index is 13.7. The second-order valence-corrected chi connectivity index (χ2v) is 6.22. The number of hydrogen-bond donors (Lipinski definition) is 1. The highest BCUT2D eigenvalue weighted by atomic mass is 35.5. The van der Waals surface area contributed by atoms with E-state index in [9.17, 15) is 14.0 Å². The van der Waals surface area contributed by atoms with Crippen LogP contribution in [0.3, 0.4) is 0 Å². The Morgan fingerprint density at radius 2 is 2.25 bits per heavy atom. The topological polar surface area (TPSA) is 57.6 Å². The largest absolute Gasteiger partial charge is 0.480 e. The van der Waals surface area contributed by atoms with E-state index in [0.29, 0.717) is 5.75 Å². The Bertz CT molecular complexity index is 534. The van der Waals surface area contributed by atoms with E-state index >= 15 is 0 Å². The summed E-state index contributed by atoms with van der Waals surface area (Å²) in [5.41, 5.74) is 0.104. The fraction of sp³-hybridized carbons (Fsp3) is 0.385. The molecule has 1 amide bonds.